The van der Waals surface area contributed by atoms with E-state index in [-0.39, 0.29) is 17.7 Å². The summed E-state index contributed by atoms with van der Waals surface area (Å²) in [5.74, 6) is 1.41. The molecule has 7 heteroatoms. The summed E-state index contributed by atoms with van der Waals surface area (Å²) >= 11 is 0. The number of aromatic amines is 1. The van der Waals surface area contributed by atoms with Crippen molar-refractivity contribution in [2.24, 2.45) is 0 Å². The average molecular weight is 464 g/mol. The number of unbranched alkanes of at least 4 members (excludes halogenated alkanes) is 1. The Morgan fingerprint density at radius 3 is 2.47 bits per heavy atom. The molecule has 0 bridgehead atoms. The number of rotatable bonds is 9. The summed E-state index contributed by atoms with van der Waals surface area (Å²) in [4.78, 5) is 15.4. The molecule has 3 aromatic rings. The van der Waals surface area contributed by atoms with E-state index < -0.39 is 0 Å². The minimum absolute atomic E-state index is 0.0803. The predicted octanol–water partition coefficient (Wildman–Crippen LogP) is 5.54. The molecule has 7 nitrogen and oxygen atoms in total. The molecule has 0 radical (unpaired) electrons. The van der Waals surface area contributed by atoms with Gasteiger partial charge in [0.15, 0.2) is 11.5 Å². The molecule has 1 unspecified atom stereocenters. The summed E-state index contributed by atoms with van der Waals surface area (Å²) in [6, 6.07) is 9.24. The van der Waals surface area contributed by atoms with E-state index in [2.05, 4.69) is 17.1 Å². The standard InChI is InChI=1S/C27H33N3O4/c1-6-9-12-30-26(18-10-11-20(33-7-2)21(15-18)34-8-3)23-24(28-29-25(23)27(30)32)22-17(5)13-16(4)14-19(22)31/h10-11,13-15,26,31H,6-9,12H2,1-5H3,(H,28,29). The first-order valence-corrected chi connectivity index (χ1v) is 12.0. The highest BCUT2D eigenvalue weighted by atomic mass is 16.5. The van der Waals surface area contributed by atoms with Crippen LogP contribution in [0.1, 0.15) is 72.4 Å². The maximum absolute atomic E-state index is 13.5. The first-order chi connectivity index (χ1) is 16.4. The van der Waals surface area contributed by atoms with Crippen LogP contribution >= 0.6 is 0 Å². The number of nitrogens with zero attached hydrogens (tertiary/aromatic N) is 2. The van der Waals surface area contributed by atoms with E-state index in [0.29, 0.717) is 48.2 Å². The van der Waals surface area contributed by atoms with Crippen LogP contribution in [0.15, 0.2) is 30.3 Å². The zero-order valence-electron chi connectivity index (χ0n) is 20.6. The SMILES string of the molecule is CCCCN1C(=O)c2[nH]nc(-c3c(C)cc(C)cc3O)c2C1c1ccc(OCC)c(OCC)c1. The highest BCUT2D eigenvalue weighted by Crippen LogP contribution is 2.46. The lowest BCUT2D eigenvalue weighted by Gasteiger charge is -2.27. The van der Waals surface area contributed by atoms with Crippen LogP contribution in [0.2, 0.25) is 0 Å². The number of carbonyl (C=O) groups is 1. The molecule has 1 atom stereocenters. The highest BCUT2D eigenvalue weighted by molar-refractivity contribution is 6.00. The van der Waals surface area contributed by atoms with Crippen molar-refractivity contribution in [2.45, 2.75) is 53.5 Å². The Hall–Kier alpha value is -3.48. The predicted molar refractivity (Wildman–Crippen MR) is 132 cm³/mol. The van der Waals surface area contributed by atoms with Gasteiger partial charge in [-0.25, -0.2) is 0 Å². The zero-order valence-corrected chi connectivity index (χ0v) is 20.6. The Bertz CT molecular complexity index is 1180. The van der Waals surface area contributed by atoms with Gasteiger partial charge in [-0.2, -0.15) is 5.10 Å². The van der Waals surface area contributed by atoms with E-state index in [1.807, 2.05) is 56.9 Å². The van der Waals surface area contributed by atoms with Crippen LogP contribution in [0.3, 0.4) is 0 Å². The minimum Gasteiger partial charge on any atom is -0.507 e. The Kier molecular flexibility index (Phi) is 6.82. The van der Waals surface area contributed by atoms with Crippen molar-refractivity contribution in [3.8, 4) is 28.5 Å². The molecule has 0 saturated carbocycles. The van der Waals surface area contributed by atoms with E-state index in [0.717, 1.165) is 35.1 Å². The van der Waals surface area contributed by atoms with Crippen molar-refractivity contribution in [3.05, 3.63) is 58.3 Å². The number of H-pyrrole nitrogens is 1. The number of aromatic nitrogens is 2. The highest BCUT2D eigenvalue weighted by Gasteiger charge is 2.42. The van der Waals surface area contributed by atoms with Crippen LogP contribution in [0.4, 0.5) is 0 Å². The van der Waals surface area contributed by atoms with Gasteiger partial charge in [0.05, 0.1) is 19.3 Å². The molecule has 0 saturated heterocycles. The first-order valence-electron chi connectivity index (χ1n) is 12.0. The van der Waals surface area contributed by atoms with Gasteiger partial charge in [0.25, 0.3) is 5.91 Å². The molecule has 0 aliphatic carbocycles. The molecule has 1 aliphatic heterocycles. The van der Waals surface area contributed by atoms with E-state index >= 15 is 0 Å². The van der Waals surface area contributed by atoms with Gasteiger partial charge in [-0.3, -0.25) is 9.89 Å². The molecule has 0 fully saturated rings. The lowest BCUT2D eigenvalue weighted by Crippen LogP contribution is -2.30. The number of fused-ring (bicyclic) bond motifs is 1. The molecule has 2 N–H and O–H groups in total. The van der Waals surface area contributed by atoms with Gasteiger partial charge < -0.3 is 19.5 Å². The van der Waals surface area contributed by atoms with Crippen LogP contribution in [-0.4, -0.2) is 45.9 Å². The molecule has 0 spiro atoms. The van der Waals surface area contributed by atoms with Gasteiger partial charge in [0.1, 0.15) is 17.1 Å². The summed E-state index contributed by atoms with van der Waals surface area (Å²) in [7, 11) is 0. The van der Waals surface area contributed by atoms with Crippen LogP contribution in [-0.2, 0) is 0 Å². The molecule has 1 aromatic heterocycles. The molecule has 180 valence electrons. The Morgan fingerprint density at radius 1 is 1.06 bits per heavy atom. The smallest absolute Gasteiger partial charge is 0.273 e. The normalized spacial score (nSPS) is 15.0. The van der Waals surface area contributed by atoms with Crippen molar-refractivity contribution < 1.29 is 19.4 Å². The van der Waals surface area contributed by atoms with Crippen LogP contribution < -0.4 is 9.47 Å². The maximum atomic E-state index is 13.5. The first kappa shape index (κ1) is 23.7. The fourth-order valence-corrected chi connectivity index (χ4v) is 4.78. The Morgan fingerprint density at radius 2 is 1.79 bits per heavy atom. The lowest BCUT2D eigenvalue weighted by molar-refractivity contribution is 0.0741. The van der Waals surface area contributed by atoms with Gasteiger partial charge in [0, 0.05) is 17.7 Å². The number of phenols is 1. The molecular formula is C27H33N3O4. The lowest BCUT2D eigenvalue weighted by atomic mass is 9.93. The van der Waals surface area contributed by atoms with Gasteiger partial charge >= 0.3 is 0 Å². The third-order valence-corrected chi connectivity index (χ3v) is 6.20. The number of ether oxygens (including phenoxy) is 2. The van der Waals surface area contributed by atoms with Crippen molar-refractivity contribution >= 4 is 5.91 Å². The quantitative estimate of drug-likeness (QED) is 0.435. The summed E-state index contributed by atoms with van der Waals surface area (Å²) in [5, 5.41) is 18.3. The second-order valence-corrected chi connectivity index (χ2v) is 8.66. The van der Waals surface area contributed by atoms with E-state index in [1.54, 1.807) is 6.07 Å². The average Bonchev–Trinajstić information content (AvgIpc) is 3.32. The monoisotopic (exact) mass is 463 g/mol. The molecule has 1 amide bonds. The molecule has 4 rings (SSSR count). The second-order valence-electron chi connectivity index (χ2n) is 8.66. The van der Waals surface area contributed by atoms with Gasteiger partial charge in [-0.15, -0.1) is 0 Å². The van der Waals surface area contributed by atoms with Gasteiger partial charge in [0.2, 0.25) is 0 Å². The van der Waals surface area contributed by atoms with Crippen molar-refractivity contribution in [1.82, 2.24) is 15.1 Å². The van der Waals surface area contributed by atoms with Crippen molar-refractivity contribution in [3.63, 3.8) is 0 Å². The Balaban J connectivity index is 1.90. The molecule has 2 heterocycles. The Labute approximate surface area is 200 Å². The summed E-state index contributed by atoms with van der Waals surface area (Å²) in [5.41, 5.74) is 5.31. The summed E-state index contributed by atoms with van der Waals surface area (Å²) < 4.78 is 11.6. The van der Waals surface area contributed by atoms with Crippen LogP contribution in [0, 0.1) is 13.8 Å². The number of phenolic OH excluding ortho intramolecular Hbond substituents is 1. The van der Waals surface area contributed by atoms with E-state index in [1.165, 1.54) is 0 Å². The number of hydrogen-bond acceptors (Lipinski definition) is 5. The number of nitrogens with one attached hydrogen (secondary N) is 1. The number of aromatic hydroxyl groups is 1. The van der Waals surface area contributed by atoms with Crippen molar-refractivity contribution in [2.75, 3.05) is 19.8 Å². The topological polar surface area (TPSA) is 87.7 Å². The third kappa shape index (κ3) is 4.11. The third-order valence-electron chi connectivity index (χ3n) is 6.20. The van der Waals surface area contributed by atoms with Crippen molar-refractivity contribution in [1.29, 1.82) is 0 Å². The number of benzene rings is 2. The second kappa shape index (κ2) is 9.79. The molecule has 2 aromatic carbocycles. The summed E-state index contributed by atoms with van der Waals surface area (Å²) in [6.07, 6.45) is 1.86. The van der Waals surface area contributed by atoms with E-state index in [4.69, 9.17) is 9.47 Å². The molecule has 34 heavy (non-hydrogen) atoms. The number of amides is 1. The zero-order chi connectivity index (χ0) is 24.4. The number of carbonyl (C=O) groups excluding carboxylic acids is 1. The van der Waals surface area contributed by atoms with E-state index in [9.17, 15) is 9.90 Å². The van der Waals surface area contributed by atoms with Crippen LogP contribution in [0.5, 0.6) is 17.2 Å². The fraction of sp³-hybridized carbons (Fsp3) is 0.407. The van der Waals surface area contributed by atoms with Gasteiger partial charge in [-0.05, 0) is 69.0 Å². The van der Waals surface area contributed by atoms with Gasteiger partial charge in [-0.1, -0.05) is 25.5 Å². The fourth-order valence-electron chi connectivity index (χ4n) is 4.78. The number of aryl methyl sites for hydroxylation is 2. The number of hydrogen-bond donors (Lipinski definition) is 2. The minimum atomic E-state index is -0.349. The molecular weight excluding hydrogens is 430 g/mol. The van der Waals surface area contributed by atoms with Crippen LogP contribution in [0.25, 0.3) is 11.3 Å². The largest absolute Gasteiger partial charge is 0.507 e. The molecule has 1 aliphatic rings. The summed E-state index contributed by atoms with van der Waals surface area (Å²) in [6.45, 7) is 11.5. The maximum Gasteiger partial charge on any atom is 0.273 e.